The van der Waals surface area contributed by atoms with Gasteiger partial charge in [-0.1, -0.05) is 25.1 Å². The Kier molecular flexibility index (Phi) is 5.60. The van der Waals surface area contributed by atoms with Gasteiger partial charge < -0.3 is 10.2 Å². The molecule has 5 heteroatoms. The van der Waals surface area contributed by atoms with Crippen molar-refractivity contribution in [3.63, 3.8) is 0 Å². The molecule has 28 heavy (non-hydrogen) atoms. The molecule has 4 rings (SSSR count). The molecular formula is C23H29N3O2. The van der Waals surface area contributed by atoms with Crippen molar-refractivity contribution in [3.8, 4) is 0 Å². The predicted molar refractivity (Wildman–Crippen MR) is 111 cm³/mol. The van der Waals surface area contributed by atoms with Crippen LogP contribution in [0.2, 0.25) is 0 Å². The number of carbonyl (C=O) groups excluding carboxylic acids is 2. The highest BCUT2D eigenvalue weighted by atomic mass is 16.2. The first kappa shape index (κ1) is 18.9. The summed E-state index contributed by atoms with van der Waals surface area (Å²) in [7, 11) is 0. The second-order valence-electron chi connectivity index (χ2n) is 8.45. The molecule has 2 fully saturated rings. The summed E-state index contributed by atoms with van der Waals surface area (Å²) in [4.78, 5) is 32.1. The van der Waals surface area contributed by atoms with Crippen molar-refractivity contribution in [2.24, 2.45) is 17.8 Å². The number of nitrogens with one attached hydrogen (secondary N) is 1. The van der Waals surface area contributed by atoms with E-state index in [1.54, 1.807) is 6.20 Å². The fourth-order valence-corrected chi connectivity index (χ4v) is 4.69. The zero-order valence-electron chi connectivity index (χ0n) is 16.6. The number of nitrogens with zero attached hydrogens (tertiary/aromatic N) is 2. The first-order valence-corrected chi connectivity index (χ1v) is 10.5. The average Bonchev–Trinajstić information content (AvgIpc) is 2.73. The molecule has 0 bridgehead atoms. The maximum absolute atomic E-state index is 12.8. The SMILES string of the molecule is CC1CCCN(C(=O)C2CCC(C(=O)Nc3cccc4cccnc34)CC2)C1. The van der Waals surface area contributed by atoms with Crippen molar-refractivity contribution in [2.45, 2.75) is 45.4 Å². The summed E-state index contributed by atoms with van der Waals surface area (Å²) < 4.78 is 0. The van der Waals surface area contributed by atoms with E-state index in [0.29, 0.717) is 11.8 Å². The number of fused-ring (bicyclic) bond motifs is 1. The predicted octanol–water partition coefficient (Wildman–Crippen LogP) is 4.24. The van der Waals surface area contributed by atoms with Gasteiger partial charge in [-0.25, -0.2) is 0 Å². The number of carbonyl (C=O) groups is 2. The van der Waals surface area contributed by atoms with E-state index in [4.69, 9.17) is 0 Å². The molecule has 1 aromatic carbocycles. The first-order valence-electron chi connectivity index (χ1n) is 10.5. The number of aromatic nitrogens is 1. The highest BCUT2D eigenvalue weighted by Gasteiger charge is 2.33. The summed E-state index contributed by atoms with van der Waals surface area (Å²) >= 11 is 0. The number of likely N-dealkylation sites (tertiary alicyclic amines) is 1. The zero-order chi connectivity index (χ0) is 19.5. The standard InChI is InChI=1S/C23H29N3O2/c1-16-5-4-14-26(15-16)23(28)19-11-9-18(10-12-19)22(27)25-20-8-2-6-17-7-3-13-24-21(17)20/h2-3,6-8,13,16,18-19H,4-5,9-12,14-15H2,1H3,(H,25,27). The quantitative estimate of drug-likeness (QED) is 0.868. The van der Waals surface area contributed by atoms with E-state index in [1.165, 1.54) is 6.42 Å². The van der Waals surface area contributed by atoms with Gasteiger partial charge in [-0.2, -0.15) is 0 Å². The molecule has 1 aliphatic heterocycles. The van der Waals surface area contributed by atoms with E-state index >= 15 is 0 Å². The molecule has 1 aliphatic carbocycles. The molecule has 0 spiro atoms. The van der Waals surface area contributed by atoms with Gasteiger partial charge in [-0.05, 0) is 56.6 Å². The van der Waals surface area contributed by atoms with E-state index in [9.17, 15) is 9.59 Å². The highest BCUT2D eigenvalue weighted by Crippen LogP contribution is 2.32. The number of rotatable bonds is 3. The van der Waals surface area contributed by atoms with Crippen molar-refractivity contribution >= 4 is 28.4 Å². The normalized spacial score (nSPS) is 25.5. The van der Waals surface area contributed by atoms with Crippen LogP contribution in [0, 0.1) is 17.8 Å². The smallest absolute Gasteiger partial charge is 0.227 e. The van der Waals surface area contributed by atoms with Gasteiger partial charge in [0.05, 0.1) is 11.2 Å². The van der Waals surface area contributed by atoms with Crippen LogP contribution in [-0.4, -0.2) is 34.8 Å². The number of anilines is 1. The lowest BCUT2D eigenvalue weighted by atomic mass is 9.80. The van der Waals surface area contributed by atoms with Crippen LogP contribution in [-0.2, 0) is 9.59 Å². The lowest BCUT2D eigenvalue weighted by Gasteiger charge is -2.35. The van der Waals surface area contributed by atoms with Crippen LogP contribution >= 0.6 is 0 Å². The van der Waals surface area contributed by atoms with Crippen LogP contribution in [0.25, 0.3) is 10.9 Å². The summed E-state index contributed by atoms with van der Waals surface area (Å²) in [6, 6.07) is 9.73. The van der Waals surface area contributed by atoms with Crippen LogP contribution in [0.4, 0.5) is 5.69 Å². The Balaban J connectivity index is 1.34. The largest absolute Gasteiger partial charge is 0.342 e. The minimum Gasteiger partial charge on any atom is -0.342 e. The Bertz CT molecular complexity index is 853. The molecule has 2 aliphatic rings. The van der Waals surface area contributed by atoms with Gasteiger partial charge in [0, 0.05) is 36.5 Å². The fourth-order valence-electron chi connectivity index (χ4n) is 4.69. The number of hydrogen-bond donors (Lipinski definition) is 1. The van der Waals surface area contributed by atoms with Crippen molar-refractivity contribution in [2.75, 3.05) is 18.4 Å². The molecule has 0 radical (unpaired) electrons. The van der Waals surface area contributed by atoms with Gasteiger partial charge in [0.1, 0.15) is 0 Å². The molecule has 1 unspecified atom stereocenters. The van der Waals surface area contributed by atoms with Crippen molar-refractivity contribution in [1.82, 2.24) is 9.88 Å². The highest BCUT2D eigenvalue weighted by molar-refractivity contribution is 6.01. The Morgan fingerprint density at radius 1 is 1.04 bits per heavy atom. The molecule has 2 amide bonds. The van der Waals surface area contributed by atoms with Crippen molar-refractivity contribution in [1.29, 1.82) is 0 Å². The lowest BCUT2D eigenvalue weighted by Crippen LogP contribution is -2.43. The first-order chi connectivity index (χ1) is 13.6. The summed E-state index contributed by atoms with van der Waals surface area (Å²) in [5.41, 5.74) is 1.59. The second-order valence-corrected chi connectivity index (χ2v) is 8.45. The van der Waals surface area contributed by atoms with Gasteiger partial charge in [0.2, 0.25) is 11.8 Å². The van der Waals surface area contributed by atoms with E-state index in [0.717, 1.165) is 61.8 Å². The number of para-hydroxylation sites is 1. The third kappa shape index (κ3) is 4.03. The molecule has 1 atom stereocenters. The number of amides is 2. The van der Waals surface area contributed by atoms with E-state index in [-0.39, 0.29) is 17.7 Å². The average molecular weight is 380 g/mol. The molecular weight excluding hydrogens is 350 g/mol. The van der Waals surface area contributed by atoms with Crippen LogP contribution in [0.1, 0.15) is 45.4 Å². The second kappa shape index (κ2) is 8.29. The van der Waals surface area contributed by atoms with E-state index < -0.39 is 0 Å². The van der Waals surface area contributed by atoms with Gasteiger partial charge >= 0.3 is 0 Å². The zero-order valence-corrected chi connectivity index (χ0v) is 16.6. The summed E-state index contributed by atoms with van der Waals surface area (Å²) in [6.07, 6.45) is 7.28. The van der Waals surface area contributed by atoms with Crippen LogP contribution in [0.15, 0.2) is 36.5 Å². The molecule has 2 aromatic rings. The number of hydrogen-bond acceptors (Lipinski definition) is 3. The number of pyridine rings is 1. The minimum absolute atomic E-state index is 0.0247. The maximum atomic E-state index is 12.8. The number of piperidine rings is 1. The van der Waals surface area contributed by atoms with Crippen molar-refractivity contribution < 1.29 is 9.59 Å². The van der Waals surface area contributed by atoms with E-state index in [2.05, 4.69) is 22.1 Å². The Morgan fingerprint density at radius 3 is 2.57 bits per heavy atom. The van der Waals surface area contributed by atoms with Crippen molar-refractivity contribution in [3.05, 3.63) is 36.5 Å². The molecule has 5 nitrogen and oxygen atoms in total. The Morgan fingerprint density at radius 2 is 1.79 bits per heavy atom. The Hall–Kier alpha value is -2.43. The van der Waals surface area contributed by atoms with Gasteiger partial charge in [-0.3, -0.25) is 14.6 Å². The van der Waals surface area contributed by atoms with Crippen LogP contribution in [0.5, 0.6) is 0 Å². The molecule has 1 saturated heterocycles. The minimum atomic E-state index is -0.0247. The van der Waals surface area contributed by atoms with Crippen LogP contribution in [0.3, 0.4) is 0 Å². The third-order valence-corrected chi connectivity index (χ3v) is 6.31. The van der Waals surface area contributed by atoms with Crippen LogP contribution < -0.4 is 5.32 Å². The lowest BCUT2D eigenvalue weighted by molar-refractivity contribution is -0.139. The molecule has 2 heterocycles. The molecule has 1 saturated carbocycles. The monoisotopic (exact) mass is 379 g/mol. The molecule has 148 valence electrons. The molecule has 1 N–H and O–H groups in total. The maximum Gasteiger partial charge on any atom is 0.227 e. The summed E-state index contributed by atoms with van der Waals surface area (Å²) in [5, 5.41) is 4.09. The molecule has 1 aromatic heterocycles. The summed E-state index contributed by atoms with van der Waals surface area (Å²) in [6.45, 7) is 4.02. The Labute approximate surface area is 166 Å². The third-order valence-electron chi connectivity index (χ3n) is 6.31. The van der Waals surface area contributed by atoms with Gasteiger partial charge in [0.15, 0.2) is 0 Å². The van der Waals surface area contributed by atoms with Gasteiger partial charge in [-0.15, -0.1) is 0 Å². The summed E-state index contributed by atoms with van der Waals surface area (Å²) in [5.74, 6) is 1.03. The number of benzene rings is 1. The van der Waals surface area contributed by atoms with E-state index in [1.807, 2.05) is 30.3 Å². The fraction of sp³-hybridized carbons (Fsp3) is 0.522. The topological polar surface area (TPSA) is 62.3 Å². The van der Waals surface area contributed by atoms with Gasteiger partial charge in [0.25, 0.3) is 0 Å².